The Morgan fingerprint density at radius 1 is 1.50 bits per heavy atom. The first-order chi connectivity index (χ1) is 7.92. The zero-order valence-corrected chi connectivity index (χ0v) is 8.81. The van der Waals surface area contributed by atoms with Crippen LogP contribution in [0.3, 0.4) is 0 Å². The van der Waals surface area contributed by atoms with Crippen molar-refractivity contribution in [2.75, 3.05) is 18.4 Å². The zero-order valence-electron chi connectivity index (χ0n) is 8.81. The second-order valence-corrected chi connectivity index (χ2v) is 3.91. The number of fused-ring (bicyclic) bond motifs is 1. The molecule has 2 aromatic heterocycles. The van der Waals surface area contributed by atoms with Gasteiger partial charge in [-0.1, -0.05) is 0 Å². The summed E-state index contributed by atoms with van der Waals surface area (Å²) in [4.78, 5) is 12.4. The van der Waals surface area contributed by atoms with Crippen molar-refractivity contribution in [3.63, 3.8) is 0 Å². The highest BCUT2D eigenvalue weighted by Crippen LogP contribution is 2.11. The smallest absolute Gasteiger partial charge is 0.251 e. The van der Waals surface area contributed by atoms with E-state index in [0.29, 0.717) is 23.2 Å². The van der Waals surface area contributed by atoms with Gasteiger partial charge in [0.1, 0.15) is 5.52 Å². The van der Waals surface area contributed by atoms with E-state index in [4.69, 9.17) is 4.42 Å². The minimum atomic E-state index is 0.522. The van der Waals surface area contributed by atoms with Crippen LogP contribution in [0, 0.1) is 0 Å². The van der Waals surface area contributed by atoms with Crippen LogP contribution < -0.4 is 10.6 Å². The summed E-state index contributed by atoms with van der Waals surface area (Å²) < 4.78 is 5.11. The summed E-state index contributed by atoms with van der Waals surface area (Å²) in [5.41, 5.74) is 1.21. The van der Waals surface area contributed by atoms with Gasteiger partial charge in [-0.2, -0.15) is 4.98 Å². The highest BCUT2D eigenvalue weighted by molar-refractivity contribution is 5.67. The number of anilines is 1. The fourth-order valence-electron chi connectivity index (χ4n) is 1.90. The molecule has 1 fully saturated rings. The van der Waals surface area contributed by atoms with E-state index >= 15 is 0 Å². The molecule has 0 saturated carbocycles. The van der Waals surface area contributed by atoms with E-state index in [2.05, 4.69) is 25.6 Å². The molecule has 3 heterocycles. The highest BCUT2D eigenvalue weighted by atomic mass is 16.3. The van der Waals surface area contributed by atoms with Crippen LogP contribution in [0.25, 0.3) is 11.2 Å². The molecule has 84 valence electrons. The number of oxazole rings is 1. The first-order valence-electron chi connectivity index (χ1n) is 5.45. The van der Waals surface area contributed by atoms with Gasteiger partial charge in [-0.25, -0.2) is 9.97 Å². The van der Waals surface area contributed by atoms with Gasteiger partial charge in [-0.15, -0.1) is 0 Å². The maximum absolute atomic E-state index is 5.11. The molecule has 0 aliphatic carbocycles. The number of hydrogen-bond donors (Lipinski definition) is 2. The number of nitrogens with one attached hydrogen (secondary N) is 2. The molecule has 2 aromatic rings. The standard InChI is InChI=1S/C10H13N5O/c1-2-7(11-3-1)4-12-10-13-5-8-9(15-10)16-6-14-8/h5-7,11H,1-4H2,(H,12,13,15). The lowest BCUT2D eigenvalue weighted by Crippen LogP contribution is -2.29. The first-order valence-corrected chi connectivity index (χ1v) is 5.45. The fourth-order valence-corrected chi connectivity index (χ4v) is 1.90. The van der Waals surface area contributed by atoms with Crippen LogP contribution in [-0.2, 0) is 0 Å². The van der Waals surface area contributed by atoms with E-state index in [1.165, 1.54) is 19.2 Å². The Kier molecular flexibility index (Phi) is 2.41. The number of rotatable bonds is 3. The minimum Gasteiger partial charge on any atom is -0.425 e. The van der Waals surface area contributed by atoms with Crippen LogP contribution in [0.15, 0.2) is 17.0 Å². The van der Waals surface area contributed by atoms with Crippen molar-refractivity contribution in [1.29, 1.82) is 0 Å². The molecule has 2 N–H and O–H groups in total. The molecule has 0 bridgehead atoms. The summed E-state index contributed by atoms with van der Waals surface area (Å²) in [5, 5.41) is 6.60. The van der Waals surface area contributed by atoms with Gasteiger partial charge < -0.3 is 15.1 Å². The summed E-state index contributed by atoms with van der Waals surface area (Å²) in [5.74, 6) is 0.595. The van der Waals surface area contributed by atoms with E-state index in [9.17, 15) is 0 Å². The van der Waals surface area contributed by atoms with Gasteiger partial charge in [0, 0.05) is 12.6 Å². The molecule has 6 nitrogen and oxygen atoms in total. The molecule has 1 saturated heterocycles. The van der Waals surface area contributed by atoms with Gasteiger partial charge in [0.05, 0.1) is 6.20 Å². The monoisotopic (exact) mass is 219 g/mol. The van der Waals surface area contributed by atoms with Gasteiger partial charge in [0.25, 0.3) is 5.71 Å². The van der Waals surface area contributed by atoms with Crippen LogP contribution in [0.1, 0.15) is 12.8 Å². The van der Waals surface area contributed by atoms with E-state index in [0.717, 1.165) is 13.1 Å². The Morgan fingerprint density at radius 3 is 3.38 bits per heavy atom. The molecule has 6 heteroatoms. The van der Waals surface area contributed by atoms with Gasteiger partial charge in [0.15, 0.2) is 6.39 Å². The van der Waals surface area contributed by atoms with Crippen molar-refractivity contribution in [3.8, 4) is 0 Å². The SMILES string of the molecule is c1nc2cnc(NCC3CCCN3)nc2o1. The van der Waals surface area contributed by atoms with Gasteiger partial charge in [0.2, 0.25) is 5.95 Å². The third kappa shape index (κ3) is 1.83. The topological polar surface area (TPSA) is 75.9 Å². The average Bonchev–Trinajstić information content (AvgIpc) is 2.97. The fraction of sp³-hybridized carbons (Fsp3) is 0.500. The molecule has 1 unspecified atom stereocenters. The number of hydrogen-bond acceptors (Lipinski definition) is 6. The van der Waals surface area contributed by atoms with Gasteiger partial charge in [-0.3, -0.25) is 0 Å². The normalized spacial score (nSPS) is 20.4. The lowest BCUT2D eigenvalue weighted by molar-refractivity contribution is 0.589. The summed E-state index contributed by atoms with van der Waals surface area (Å²) in [7, 11) is 0. The molecular weight excluding hydrogens is 206 g/mol. The number of nitrogens with zero attached hydrogens (tertiary/aromatic N) is 3. The molecule has 16 heavy (non-hydrogen) atoms. The Balaban J connectivity index is 1.68. The molecule has 0 spiro atoms. The molecule has 1 aliphatic rings. The van der Waals surface area contributed by atoms with E-state index in [1.807, 2.05) is 0 Å². The predicted molar refractivity (Wildman–Crippen MR) is 59.1 cm³/mol. The van der Waals surface area contributed by atoms with Crippen molar-refractivity contribution in [2.45, 2.75) is 18.9 Å². The summed E-state index contributed by atoms with van der Waals surface area (Å²) in [6.07, 6.45) is 5.49. The maximum atomic E-state index is 5.11. The van der Waals surface area contributed by atoms with E-state index in [-0.39, 0.29) is 0 Å². The van der Waals surface area contributed by atoms with Crippen LogP contribution in [0.2, 0.25) is 0 Å². The Labute approximate surface area is 92.5 Å². The second kappa shape index (κ2) is 4.05. The molecule has 1 atom stereocenters. The summed E-state index contributed by atoms with van der Waals surface area (Å²) in [6.45, 7) is 1.95. The van der Waals surface area contributed by atoms with Crippen molar-refractivity contribution in [2.24, 2.45) is 0 Å². The highest BCUT2D eigenvalue weighted by Gasteiger charge is 2.13. The molecule has 0 radical (unpaired) electrons. The van der Waals surface area contributed by atoms with Crippen molar-refractivity contribution in [3.05, 3.63) is 12.6 Å². The van der Waals surface area contributed by atoms with E-state index in [1.54, 1.807) is 6.20 Å². The van der Waals surface area contributed by atoms with E-state index < -0.39 is 0 Å². The molecule has 1 aliphatic heterocycles. The van der Waals surface area contributed by atoms with Gasteiger partial charge in [-0.05, 0) is 19.4 Å². The lowest BCUT2D eigenvalue weighted by Gasteiger charge is -2.10. The van der Waals surface area contributed by atoms with Crippen LogP contribution in [-0.4, -0.2) is 34.1 Å². The van der Waals surface area contributed by atoms with Gasteiger partial charge >= 0.3 is 0 Å². The Bertz CT molecular complexity index is 477. The first kappa shape index (κ1) is 9.53. The largest absolute Gasteiger partial charge is 0.425 e. The third-order valence-corrected chi connectivity index (χ3v) is 2.76. The molecular formula is C10H13N5O. The lowest BCUT2D eigenvalue weighted by atomic mass is 10.2. The summed E-state index contributed by atoms with van der Waals surface area (Å²) >= 11 is 0. The van der Waals surface area contributed by atoms with Crippen LogP contribution in [0.4, 0.5) is 5.95 Å². The van der Waals surface area contributed by atoms with Crippen molar-refractivity contribution in [1.82, 2.24) is 20.3 Å². The summed E-state index contributed by atoms with van der Waals surface area (Å²) in [6, 6.07) is 0.522. The number of aromatic nitrogens is 3. The van der Waals surface area contributed by atoms with Crippen LogP contribution in [0.5, 0.6) is 0 Å². The molecule has 0 aromatic carbocycles. The van der Waals surface area contributed by atoms with Crippen molar-refractivity contribution < 1.29 is 4.42 Å². The zero-order chi connectivity index (χ0) is 10.8. The van der Waals surface area contributed by atoms with Crippen molar-refractivity contribution >= 4 is 17.2 Å². The third-order valence-electron chi connectivity index (χ3n) is 2.76. The average molecular weight is 219 g/mol. The second-order valence-electron chi connectivity index (χ2n) is 3.91. The maximum Gasteiger partial charge on any atom is 0.251 e. The molecule has 0 amide bonds. The Hall–Kier alpha value is -1.69. The molecule has 3 rings (SSSR count). The van der Waals surface area contributed by atoms with Crippen LogP contribution >= 0.6 is 0 Å². The quantitative estimate of drug-likeness (QED) is 0.794. The predicted octanol–water partition coefficient (Wildman–Crippen LogP) is 0.782. The minimum absolute atomic E-state index is 0.522. The Morgan fingerprint density at radius 2 is 2.50 bits per heavy atom.